The minimum atomic E-state index is -1.47. The normalized spacial score (nSPS) is 11.6. The Balaban J connectivity index is 2.51. The minimum absolute atomic E-state index is 0.417. The van der Waals surface area contributed by atoms with Crippen LogP contribution in [-0.4, -0.2) is 18.0 Å². The number of aromatic nitrogens is 2. The van der Waals surface area contributed by atoms with Gasteiger partial charge < -0.3 is 0 Å². The third-order valence-electron chi connectivity index (χ3n) is 2.68. The average Bonchev–Trinajstić information content (AvgIpc) is 2.27. The summed E-state index contributed by atoms with van der Waals surface area (Å²) in [6, 6.07) is 6.25. The van der Waals surface area contributed by atoms with E-state index in [9.17, 15) is 8.78 Å². The predicted molar refractivity (Wildman–Crippen MR) is 70.4 cm³/mol. The molecule has 0 unspecified atom stereocenters. The van der Waals surface area contributed by atoms with Gasteiger partial charge in [-0.25, -0.2) is 0 Å². The first-order valence-corrected chi connectivity index (χ1v) is 9.16. The molecule has 0 atom stereocenters. The lowest BCUT2D eigenvalue weighted by Crippen LogP contribution is -2.37. The first-order valence-electron chi connectivity index (χ1n) is 5.66. The van der Waals surface area contributed by atoms with Crippen LogP contribution in [0.1, 0.15) is 0 Å². The fraction of sp³-hybridized carbons (Fsp3) is 0.231. The molecule has 0 aliphatic carbocycles. The quantitative estimate of drug-likeness (QED) is 0.615. The van der Waals surface area contributed by atoms with Crippen LogP contribution in [0, 0.1) is 11.9 Å². The molecule has 94 valence electrons. The fourth-order valence-corrected chi connectivity index (χ4v) is 2.81. The summed E-state index contributed by atoms with van der Waals surface area (Å²) in [6.07, 6.45) is 1.68. The van der Waals surface area contributed by atoms with Crippen molar-refractivity contribution in [2.75, 3.05) is 0 Å². The standard InChI is InChI=1S/C13H14F2N2Si/c1-18(2,3)10-4-5-16-11(8-10)9-6-12(14)17-13(15)7-9/h4-8H,1-3H3. The number of hydrogen-bond donors (Lipinski definition) is 0. The zero-order valence-electron chi connectivity index (χ0n) is 10.5. The Kier molecular flexibility index (Phi) is 3.25. The highest BCUT2D eigenvalue weighted by Crippen LogP contribution is 2.18. The molecule has 0 aromatic carbocycles. The van der Waals surface area contributed by atoms with Gasteiger partial charge in [0.2, 0.25) is 11.9 Å². The SMILES string of the molecule is C[Si](C)(C)c1ccnc(-c2cc(F)nc(F)c2)c1. The summed E-state index contributed by atoms with van der Waals surface area (Å²) < 4.78 is 26.2. The number of hydrogen-bond acceptors (Lipinski definition) is 2. The summed E-state index contributed by atoms with van der Waals surface area (Å²) in [6.45, 7) is 6.62. The van der Waals surface area contributed by atoms with E-state index in [1.54, 1.807) is 6.20 Å². The van der Waals surface area contributed by atoms with Crippen molar-refractivity contribution in [2.45, 2.75) is 19.6 Å². The summed E-state index contributed by atoms with van der Waals surface area (Å²) in [7, 11) is -1.47. The van der Waals surface area contributed by atoms with Crippen molar-refractivity contribution in [1.82, 2.24) is 9.97 Å². The van der Waals surface area contributed by atoms with E-state index in [1.165, 1.54) is 17.3 Å². The molecule has 0 aliphatic heterocycles. The summed E-state index contributed by atoms with van der Waals surface area (Å²) in [5, 5.41) is 1.20. The van der Waals surface area contributed by atoms with Crippen LogP contribution in [0.4, 0.5) is 8.78 Å². The maximum atomic E-state index is 13.1. The van der Waals surface area contributed by atoms with E-state index in [2.05, 4.69) is 29.6 Å². The second-order valence-corrected chi connectivity index (χ2v) is 10.3. The van der Waals surface area contributed by atoms with Gasteiger partial charge in [-0.1, -0.05) is 24.8 Å². The first-order chi connectivity index (χ1) is 8.36. The van der Waals surface area contributed by atoms with Crippen molar-refractivity contribution >= 4 is 13.3 Å². The van der Waals surface area contributed by atoms with Crippen LogP contribution >= 0.6 is 0 Å². The second kappa shape index (κ2) is 4.57. The molecule has 18 heavy (non-hydrogen) atoms. The average molecular weight is 264 g/mol. The molecule has 0 bridgehead atoms. The number of halogens is 2. The van der Waals surface area contributed by atoms with Crippen LogP contribution in [0.25, 0.3) is 11.3 Å². The molecule has 5 heteroatoms. The molecule has 0 amide bonds. The molecule has 2 nitrogen and oxygen atoms in total. The van der Waals surface area contributed by atoms with Gasteiger partial charge in [-0.2, -0.15) is 13.8 Å². The molecule has 0 spiro atoms. The lowest BCUT2D eigenvalue weighted by Gasteiger charge is -2.17. The van der Waals surface area contributed by atoms with Crippen LogP contribution in [-0.2, 0) is 0 Å². The smallest absolute Gasteiger partial charge is 0.216 e. The number of pyridine rings is 2. The van der Waals surface area contributed by atoms with Gasteiger partial charge in [0, 0.05) is 23.9 Å². The molecule has 2 heterocycles. The van der Waals surface area contributed by atoms with Crippen molar-refractivity contribution < 1.29 is 8.78 Å². The molecule has 0 saturated carbocycles. The summed E-state index contributed by atoms with van der Waals surface area (Å²) in [5.74, 6) is -1.66. The van der Waals surface area contributed by atoms with E-state index in [-0.39, 0.29) is 0 Å². The van der Waals surface area contributed by atoms with Crippen LogP contribution in [0.15, 0.2) is 30.5 Å². The van der Waals surface area contributed by atoms with Gasteiger partial charge in [0.05, 0.1) is 13.8 Å². The zero-order chi connectivity index (χ0) is 13.3. The van der Waals surface area contributed by atoms with E-state index in [1.807, 2.05) is 12.1 Å². The van der Waals surface area contributed by atoms with E-state index < -0.39 is 20.0 Å². The molecular formula is C13H14F2N2Si. The van der Waals surface area contributed by atoms with Crippen molar-refractivity contribution in [1.29, 1.82) is 0 Å². The highest BCUT2D eigenvalue weighted by molar-refractivity contribution is 6.88. The zero-order valence-corrected chi connectivity index (χ0v) is 11.5. The summed E-state index contributed by atoms with van der Waals surface area (Å²) >= 11 is 0. The highest BCUT2D eigenvalue weighted by Gasteiger charge is 2.17. The maximum Gasteiger partial charge on any atom is 0.216 e. The maximum absolute atomic E-state index is 13.1. The molecule has 0 radical (unpaired) electrons. The Morgan fingerprint density at radius 1 is 1.00 bits per heavy atom. The number of nitrogens with zero attached hydrogens (tertiary/aromatic N) is 2. The van der Waals surface area contributed by atoms with Crippen molar-refractivity contribution in [3.8, 4) is 11.3 Å². The van der Waals surface area contributed by atoms with E-state index in [4.69, 9.17) is 0 Å². The van der Waals surface area contributed by atoms with Crippen LogP contribution in [0.2, 0.25) is 19.6 Å². The third kappa shape index (κ3) is 2.79. The van der Waals surface area contributed by atoms with Gasteiger partial charge in [0.25, 0.3) is 0 Å². The molecule has 0 aliphatic rings. The molecule has 0 N–H and O–H groups in total. The van der Waals surface area contributed by atoms with Gasteiger partial charge in [0.15, 0.2) is 0 Å². The van der Waals surface area contributed by atoms with Crippen LogP contribution in [0.5, 0.6) is 0 Å². The Hall–Kier alpha value is -1.62. The van der Waals surface area contributed by atoms with E-state index in [0.29, 0.717) is 11.3 Å². The molecule has 0 saturated heterocycles. The largest absolute Gasteiger partial charge is 0.256 e. The Labute approximate surface area is 106 Å². The number of rotatable bonds is 2. The predicted octanol–water partition coefficient (Wildman–Crippen LogP) is 2.97. The fourth-order valence-electron chi connectivity index (χ4n) is 1.67. The Morgan fingerprint density at radius 3 is 2.17 bits per heavy atom. The van der Waals surface area contributed by atoms with Gasteiger partial charge in [0.1, 0.15) is 0 Å². The second-order valence-electron chi connectivity index (χ2n) is 5.18. The molecular weight excluding hydrogens is 250 g/mol. The van der Waals surface area contributed by atoms with Crippen LogP contribution < -0.4 is 5.19 Å². The van der Waals surface area contributed by atoms with Crippen LogP contribution in [0.3, 0.4) is 0 Å². The van der Waals surface area contributed by atoms with E-state index >= 15 is 0 Å². The van der Waals surface area contributed by atoms with Gasteiger partial charge in [-0.05, 0) is 12.1 Å². The minimum Gasteiger partial charge on any atom is -0.256 e. The Morgan fingerprint density at radius 2 is 1.61 bits per heavy atom. The lowest BCUT2D eigenvalue weighted by atomic mass is 10.2. The van der Waals surface area contributed by atoms with Crippen molar-refractivity contribution in [3.05, 3.63) is 42.4 Å². The first kappa shape index (κ1) is 12.8. The third-order valence-corrected chi connectivity index (χ3v) is 4.73. The Bertz CT molecular complexity index is 559. The van der Waals surface area contributed by atoms with E-state index in [0.717, 1.165) is 0 Å². The topological polar surface area (TPSA) is 25.8 Å². The van der Waals surface area contributed by atoms with Gasteiger partial charge in [-0.3, -0.25) is 4.98 Å². The monoisotopic (exact) mass is 264 g/mol. The lowest BCUT2D eigenvalue weighted by molar-refractivity contribution is 0.513. The summed E-state index contributed by atoms with van der Waals surface area (Å²) in [4.78, 5) is 7.25. The van der Waals surface area contributed by atoms with Crippen molar-refractivity contribution in [2.24, 2.45) is 0 Å². The molecule has 2 aromatic rings. The van der Waals surface area contributed by atoms with Gasteiger partial charge in [-0.15, -0.1) is 0 Å². The molecule has 2 aromatic heterocycles. The van der Waals surface area contributed by atoms with Crippen molar-refractivity contribution in [3.63, 3.8) is 0 Å². The molecule has 2 rings (SSSR count). The highest BCUT2D eigenvalue weighted by atomic mass is 28.3. The van der Waals surface area contributed by atoms with Gasteiger partial charge >= 0.3 is 0 Å². The molecule has 0 fully saturated rings. The summed E-state index contributed by atoms with van der Waals surface area (Å²) in [5.41, 5.74) is 0.996.